The standard InChI is InChI=1S/C19H18ClN5OS/c1-10-4-18-21-12(9-25(18)8-11(10)2)5-17-22-15-7-16(24-27-3)14(20)6-13(15)19(26)23-17/h4,6-9,24H,5H2,1-3H3,(H,22,23,26). The summed E-state index contributed by atoms with van der Waals surface area (Å²) in [5.41, 5.74) is 5.26. The highest BCUT2D eigenvalue weighted by molar-refractivity contribution is 7.99. The minimum Gasteiger partial charge on any atom is -0.329 e. The van der Waals surface area contributed by atoms with Gasteiger partial charge in [-0.15, -0.1) is 0 Å². The Hall–Kier alpha value is -2.51. The van der Waals surface area contributed by atoms with Gasteiger partial charge in [0.2, 0.25) is 0 Å². The van der Waals surface area contributed by atoms with Crippen molar-refractivity contribution in [1.29, 1.82) is 0 Å². The number of hydrogen-bond donors (Lipinski definition) is 2. The van der Waals surface area contributed by atoms with Crippen molar-refractivity contribution in [2.24, 2.45) is 0 Å². The molecule has 4 rings (SSSR count). The molecule has 0 unspecified atom stereocenters. The molecule has 138 valence electrons. The molecule has 2 N–H and O–H groups in total. The Balaban J connectivity index is 1.75. The summed E-state index contributed by atoms with van der Waals surface area (Å²) in [6, 6.07) is 5.49. The largest absolute Gasteiger partial charge is 0.329 e. The van der Waals surface area contributed by atoms with Crippen LogP contribution in [0.2, 0.25) is 5.02 Å². The highest BCUT2D eigenvalue weighted by atomic mass is 35.5. The summed E-state index contributed by atoms with van der Waals surface area (Å²) >= 11 is 7.66. The maximum absolute atomic E-state index is 12.5. The maximum Gasteiger partial charge on any atom is 0.258 e. The first-order valence-electron chi connectivity index (χ1n) is 8.41. The number of imidazole rings is 1. The smallest absolute Gasteiger partial charge is 0.258 e. The van der Waals surface area contributed by atoms with Crippen molar-refractivity contribution in [1.82, 2.24) is 19.4 Å². The van der Waals surface area contributed by atoms with Gasteiger partial charge < -0.3 is 14.1 Å². The summed E-state index contributed by atoms with van der Waals surface area (Å²) in [4.78, 5) is 24.6. The molecule has 0 saturated heterocycles. The predicted octanol–water partition coefficient (Wildman–Crippen LogP) is 4.12. The van der Waals surface area contributed by atoms with Crippen LogP contribution in [0.4, 0.5) is 5.69 Å². The Morgan fingerprint density at radius 2 is 2.00 bits per heavy atom. The molecule has 3 aromatic heterocycles. The van der Waals surface area contributed by atoms with Gasteiger partial charge in [0.05, 0.1) is 27.3 Å². The highest BCUT2D eigenvalue weighted by Gasteiger charge is 2.11. The molecular formula is C19H18ClN5OS. The van der Waals surface area contributed by atoms with Crippen molar-refractivity contribution >= 4 is 45.8 Å². The normalized spacial score (nSPS) is 11.4. The van der Waals surface area contributed by atoms with Crippen molar-refractivity contribution in [2.75, 3.05) is 11.0 Å². The van der Waals surface area contributed by atoms with E-state index in [4.69, 9.17) is 11.6 Å². The number of halogens is 1. The number of aryl methyl sites for hydroxylation is 2. The van der Waals surface area contributed by atoms with Gasteiger partial charge in [-0.05, 0) is 43.2 Å². The number of nitrogens with zero attached hydrogens (tertiary/aromatic N) is 3. The first-order chi connectivity index (χ1) is 12.9. The SMILES string of the molecule is CSNc1cc2nc(Cc3cn4cc(C)c(C)cc4n3)[nH]c(=O)c2cc1Cl. The van der Waals surface area contributed by atoms with Crippen LogP contribution < -0.4 is 10.3 Å². The van der Waals surface area contributed by atoms with E-state index in [9.17, 15) is 4.79 Å². The van der Waals surface area contributed by atoms with Crippen LogP contribution in [0, 0.1) is 13.8 Å². The van der Waals surface area contributed by atoms with Crippen LogP contribution >= 0.6 is 23.5 Å². The zero-order valence-corrected chi connectivity index (χ0v) is 16.7. The topological polar surface area (TPSA) is 75.1 Å². The van der Waals surface area contributed by atoms with E-state index in [-0.39, 0.29) is 5.56 Å². The summed E-state index contributed by atoms with van der Waals surface area (Å²) in [6.45, 7) is 4.14. The summed E-state index contributed by atoms with van der Waals surface area (Å²) in [7, 11) is 0. The second-order valence-corrected chi connectivity index (χ2v) is 7.50. The van der Waals surface area contributed by atoms with Gasteiger partial charge in [0.1, 0.15) is 11.5 Å². The molecule has 0 fully saturated rings. The number of rotatable bonds is 4. The van der Waals surface area contributed by atoms with E-state index in [1.54, 1.807) is 12.1 Å². The number of aromatic amines is 1. The van der Waals surface area contributed by atoms with Gasteiger partial charge in [-0.25, -0.2) is 9.97 Å². The van der Waals surface area contributed by atoms with Crippen molar-refractivity contribution in [2.45, 2.75) is 20.3 Å². The summed E-state index contributed by atoms with van der Waals surface area (Å²) in [6.07, 6.45) is 6.37. The number of hydrogen-bond acceptors (Lipinski definition) is 5. The minimum atomic E-state index is -0.206. The number of fused-ring (bicyclic) bond motifs is 2. The van der Waals surface area contributed by atoms with Crippen LogP contribution in [0.25, 0.3) is 16.6 Å². The van der Waals surface area contributed by atoms with E-state index >= 15 is 0 Å². The molecule has 1 aromatic carbocycles. The third kappa shape index (κ3) is 3.40. The molecule has 0 radical (unpaired) electrons. The lowest BCUT2D eigenvalue weighted by Gasteiger charge is -2.07. The van der Waals surface area contributed by atoms with Crippen molar-refractivity contribution in [3.63, 3.8) is 0 Å². The Bertz CT molecular complexity index is 1190. The Kier molecular flexibility index (Phi) is 4.57. The fourth-order valence-electron chi connectivity index (χ4n) is 3.03. The zero-order chi connectivity index (χ0) is 19.1. The summed E-state index contributed by atoms with van der Waals surface area (Å²) < 4.78 is 5.10. The van der Waals surface area contributed by atoms with Crippen LogP contribution in [0.5, 0.6) is 0 Å². The van der Waals surface area contributed by atoms with Gasteiger partial charge in [-0.2, -0.15) is 0 Å². The number of nitrogens with one attached hydrogen (secondary N) is 2. The molecule has 4 aromatic rings. The summed E-state index contributed by atoms with van der Waals surface area (Å²) in [5, 5.41) is 0.958. The molecule has 0 atom stereocenters. The molecule has 0 bridgehead atoms. The van der Waals surface area contributed by atoms with Crippen LogP contribution in [0.1, 0.15) is 22.6 Å². The molecular weight excluding hydrogens is 382 g/mol. The van der Waals surface area contributed by atoms with Crippen molar-refractivity contribution in [3.8, 4) is 0 Å². The minimum absolute atomic E-state index is 0.206. The van der Waals surface area contributed by atoms with Crippen molar-refractivity contribution in [3.05, 3.63) is 68.6 Å². The molecule has 6 nitrogen and oxygen atoms in total. The third-order valence-corrected chi connectivity index (χ3v) is 5.25. The van der Waals surface area contributed by atoms with Gasteiger partial charge in [0.15, 0.2) is 0 Å². The fraction of sp³-hybridized carbons (Fsp3) is 0.211. The molecule has 0 aliphatic carbocycles. The Morgan fingerprint density at radius 1 is 1.19 bits per heavy atom. The van der Waals surface area contributed by atoms with E-state index in [0.717, 1.165) is 17.0 Å². The molecule has 27 heavy (non-hydrogen) atoms. The first-order valence-corrected chi connectivity index (χ1v) is 10.0. The molecule has 0 amide bonds. The molecule has 0 spiro atoms. The van der Waals surface area contributed by atoms with Crippen molar-refractivity contribution < 1.29 is 0 Å². The number of aromatic nitrogens is 4. The maximum atomic E-state index is 12.5. The molecule has 0 aliphatic rings. The van der Waals surface area contributed by atoms with E-state index in [1.807, 2.05) is 16.9 Å². The first kappa shape index (κ1) is 17.9. The second kappa shape index (κ2) is 6.90. The molecule has 8 heteroatoms. The van der Waals surface area contributed by atoms with E-state index in [2.05, 4.69) is 45.8 Å². The van der Waals surface area contributed by atoms with Crippen LogP contribution in [0.15, 0.2) is 35.4 Å². The number of pyridine rings is 1. The number of H-pyrrole nitrogens is 1. The molecule has 0 saturated carbocycles. The number of anilines is 1. The van der Waals surface area contributed by atoms with Gasteiger partial charge in [-0.3, -0.25) is 4.79 Å². The Labute approximate surface area is 165 Å². The van der Waals surface area contributed by atoms with Crippen LogP contribution in [0.3, 0.4) is 0 Å². The average Bonchev–Trinajstić information content (AvgIpc) is 2.98. The monoisotopic (exact) mass is 399 g/mol. The second-order valence-electron chi connectivity index (χ2n) is 6.48. The van der Waals surface area contributed by atoms with Gasteiger partial charge >= 0.3 is 0 Å². The fourth-order valence-corrected chi connectivity index (χ4v) is 3.68. The van der Waals surface area contributed by atoms with E-state index in [0.29, 0.717) is 28.2 Å². The lowest BCUT2D eigenvalue weighted by atomic mass is 10.2. The summed E-state index contributed by atoms with van der Waals surface area (Å²) in [5.74, 6) is 0.571. The molecule has 3 heterocycles. The Morgan fingerprint density at radius 3 is 2.78 bits per heavy atom. The number of benzene rings is 1. The van der Waals surface area contributed by atoms with Crippen LogP contribution in [-0.2, 0) is 6.42 Å². The van der Waals surface area contributed by atoms with Gasteiger partial charge in [0, 0.05) is 25.1 Å². The third-order valence-electron chi connectivity index (χ3n) is 4.51. The van der Waals surface area contributed by atoms with Gasteiger partial charge in [-0.1, -0.05) is 23.5 Å². The van der Waals surface area contributed by atoms with Gasteiger partial charge in [0.25, 0.3) is 5.56 Å². The quantitative estimate of drug-likeness (QED) is 0.505. The lowest BCUT2D eigenvalue weighted by Crippen LogP contribution is -2.12. The van der Waals surface area contributed by atoms with E-state index < -0.39 is 0 Å². The van der Waals surface area contributed by atoms with Crippen LogP contribution in [-0.4, -0.2) is 25.6 Å². The lowest BCUT2D eigenvalue weighted by molar-refractivity contribution is 0.950. The average molecular weight is 400 g/mol. The zero-order valence-electron chi connectivity index (χ0n) is 15.1. The molecule has 0 aliphatic heterocycles. The highest BCUT2D eigenvalue weighted by Crippen LogP contribution is 2.27. The van der Waals surface area contributed by atoms with E-state index in [1.165, 1.54) is 23.1 Å². The predicted molar refractivity (Wildman–Crippen MR) is 112 cm³/mol.